The average molecular weight is 296 g/mol. The molecule has 22 heavy (non-hydrogen) atoms. The van der Waals surface area contributed by atoms with Crippen molar-refractivity contribution < 1.29 is 0 Å². The standard InChI is InChI=1S/C19H24N2O/c1-16(2)19-14-20(13-17-9-5-3-6-10-17)15-21(19,22)18-11-7-4-8-12-18/h3-12,16,19H,13-15H2,1-2H3. The molecule has 0 spiro atoms. The zero-order valence-electron chi connectivity index (χ0n) is 13.4. The molecule has 0 aromatic heterocycles. The summed E-state index contributed by atoms with van der Waals surface area (Å²) in [5.74, 6) is 0.360. The van der Waals surface area contributed by atoms with Crippen LogP contribution in [0.2, 0.25) is 0 Å². The highest BCUT2D eigenvalue weighted by atomic mass is 16.6. The van der Waals surface area contributed by atoms with Crippen molar-refractivity contribution in [2.24, 2.45) is 5.92 Å². The minimum Gasteiger partial charge on any atom is -0.626 e. The Balaban J connectivity index is 1.84. The van der Waals surface area contributed by atoms with Crippen molar-refractivity contribution in [1.82, 2.24) is 9.55 Å². The minimum atomic E-state index is -0.231. The summed E-state index contributed by atoms with van der Waals surface area (Å²) in [6.45, 7) is 6.54. The lowest BCUT2D eigenvalue weighted by Crippen LogP contribution is -2.51. The molecular formula is C19H24N2O. The van der Waals surface area contributed by atoms with E-state index in [-0.39, 0.29) is 10.7 Å². The largest absolute Gasteiger partial charge is 0.626 e. The fourth-order valence-electron chi connectivity index (χ4n) is 3.46. The van der Waals surface area contributed by atoms with Crippen LogP contribution < -0.4 is 4.65 Å². The number of nitrogens with zero attached hydrogens (tertiary/aromatic N) is 2. The third-order valence-corrected chi connectivity index (χ3v) is 4.60. The molecule has 3 rings (SSSR count). The highest BCUT2D eigenvalue weighted by molar-refractivity contribution is 5.45. The van der Waals surface area contributed by atoms with E-state index in [9.17, 15) is 5.21 Å². The number of para-hydroxylation sites is 1. The van der Waals surface area contributed by atoms with Gasteiger partial charge in [0.05, 0.1) is 6.54 Å². The summed E-state index contributed by atoms with van der Waals surface area (Å²) >= 11 is 0. The van der Waals surface area contributed by atoms with Gasteiger partial charge in [0, 0.05) is 12.5 Å². The zero-order valence-corrected chi connectivity index (χ0v) is 13.4. The quantitative estimate of drug-likeness (QED) is 0.630. The molecule has 116 valence electrons. The van der Waals surface area contributed by atoms with Crippen LogP contribution in [0.5, 0.6) is 0 Å². The molecule has 3 nitrogen and oxygen atoms in total. The molecule has 0 N–H and O–H groups in total. The Hall–Kier alpha value is -1.68. The van der Waals surface area contributed by atoms with Gasteiger partial charge in [-0.15, -0.1) is 0 Å². The van der Waals surface area contributed by atoms with Crippen LogP contribution in [-0.2, 0) is 6.54 Å². The molecule has 2 aromatic rings. The number of rotatable bonds is 4. The first kappa shape index (κ1) is 15.2. The molecule has 0 aliphatic carbocycles. The Labute approximate surface area is 133 Å². The SMILES string of the molecule is CC(C)C1CN(Cc2ccccc2)C[N+]1([O-])c1ccccc1. The topological polar surface area (TPSA) is 26.3 Å². The molecular weight excluding hydrogens is 272 g/mol. The van der Waals surface area contributed by atoms with Gasteiger partial charge in [-0.2, -0.15) is 0 Å². The van der Waals surface area contributed by atoms with Gasteiger partial charge in [0.25, 0.3) is 0 Å². The molecule has 0 saturated carbocycles. The molecule has 3 heteroatoms. The van der Waals surface area contributed by atoms with E-state index in [1.54, 1.807) is 0 Å². The van der Waals surface area contributed by atoms with Crippen molar-refractivity contribution in [1.29, 1.82) is 0 Å². The summed E-state index contributed by atoms with van der Waals surface area (Å²) in [4.78, 5) is 2.29. The Morgan fingerprint density at radius 2 is 1.64 bits per heavy atom. The summed E-state index contributed by atoms with van der Waals surface area (Å²) in [6.07, 6.45) is 0. The Morgan fingerprint density at radius 1 is 1.05 bits per heavy atom. The lowest BCUT2D eigenvalue weighted by molar-refractivity contribution is 0.263. The number of hydrogen-bond donors (Lipinski definition) is 0. The molecule has 1 heterocycles. The number of quaternary nitrogens is 1. The maximum Gasteiger partial charge on any atom is 0.140 e. The van der Waals surface area contributed by atoms with E-state index in [0.717, 1.165) is 18.8 Å². The lowest BCUT2D eigenvalue weighted by Gasteiger charge is -2.44. The maximum absolute atomic E-state index is 13.6. The first-order chi connectivity index (χ1) is 10.6. The van der Waals surface area contributed by atoms with E-state index in [4.69, 9.17) is 0 Å². The maximum atomic E-state index is 13.6. The summed E-state index contributed by atoms with van der Waals surface area (Å²) < 4.78 is -0.231. The molecule has 0 amide bonds. The van der Waals surface area contributed by atoms with Gasteiger partial charge in [-0.25, -0.2) is 4.90 Å². The normalized spacial score (nSPS) is 25.7. The van der Waals surface area contributed by atoms with Crippen molar-refractivity contribution in [3.63, 3.8) is 0 Å². The van der Waals surface area contributed by atoms with Crippen LogP contribution in [0, 0.1) is 11.1 Å². The second-order valence-corrected chi connectivity index (χ2v) is 6.58. The fraction of sp³-hybridized carbons (Fsp3) is 0.368. The highest BCUT2D eigenvalue weighted by Crippen LogP contribution is 2.34. The summed E-state index contributed by atoms with van der Waals surface area (Å²) in [7, 11) is 0. The first-order valence-electron chi connectivity index (χ1n) is 8.00. The van der Waals surface area contributed by atoms with Crippen molar-refractivity contribution in [2.75, 3.05) is 13.2 Å². The zero-order chi connectivity index (χ0) is 15.6. The van der Waals surface area contributed by atoms with Crippen LogP contribution in [0.25, 0.3) is 0 Å². The molecule has 0 radical (unpaired) electrons. The number of hydrogen-bond acceptors (Lipinski definition) is 2. The van der Waals surface area contributed by atoms with Crippen LogP contribution in [-0.4, -0.2) is 24.2 Å². The van der Waals surface area contributed by atoms with Crippen LogP contribution in [0.4, 0.5) is 5.69 Å². The van der Waals surface area contributed by atoms with Gasteiger partial charge in [-0.3, -0.25) is 0 Å². The van der Waals surface area contributed by atoms with E-state index in [1.165, 1.54) is 5.56 Å². The van der Waals surface area contributed by atoms with Crippen LogP contribution >= 0.6 is 0 Å². The van der Waals surface area contributed by atoms with Crippen LogP contribution in [0.1, 0.15) is 19.4 Å². The molecule has 1 fully saturated rings. The molecule has 2 aromatic carbocycles. The summed E-state index contributed by atoms with van der Waals surface area (Å²) in [5, 5.41) is 13.6. The van der Waals surface area contributed by atoms with E-state index < -0.39 is 0 Å². The molecule has 2 atom stereocenters. The van der Waals surface area contributed by atoms with E-state index in [1.807, 2.05) is 36.4 Å². The average Bonchev–Trinajstić information content (AvgIpc) is 2.87. The molecule has 0 bridgehead atoms. The van der Waals surface area contributed by atoms with Gasteiger partial charge in [0.1, 0.15) is 18.4 Å². The third kappa shape index (κ3) is 2.93. The Morgan fingerprint density at radius 3 is 2.23 bits per heavy atom. The highest BCUT2D eigenvalue weighted by Gasteiger charge is 2.42. The van der Waals surface area contributed by atoms with Crippen molar-refractivity contribution in [2.45, 2.75) is 26.4 Å². The lowest BCUT2D eigenvalue weighted by atomic mass is 10.0. The van der Waals surface area contributed by atoms with Gasteiger partial charge >= 0.3 is 0 Å². The van der Waals surface area contributed by atoms with Crippen LogP contribution in [0.3, 0.4) is 0 Å². The second kappa shape index (κ2) is 6.21. The van der Waals surface area contributed by atoms with E-state index >= 15 is 0 Å². The summed E-state index contributed by atoms with van der Waals surface area (Å²) in [6, 6.07) is 20.3. The first-order valence-corrected chi connectivity index (χ1v) is 8.00. The van der Waals surface area contributed by atoms with Gasteiger partial charge in [-0.05, 0) is 17.7 Å². The predicted octanol–water partition coefficient (Wildman–Crippen LogP) is 3.99. The van der Waals surface area contributed by atoms with Crippen molar-refractivity contribution in [3.8, 4) is 0 Å². The van der Waals surface area contributed by atoms with Gasteiger partial charge in [-0.1, -0.05) is 62.4 Å². The second-order valence-electron chi connectivity index (χ2n) is 6.58. The molecule has 2 unspecified atom stereocenters. The van der Waals surface area contributed by atoms with Crippen LogP contribution in [0.15, 0.2) is 60.7 Å². The fourth-order valence-corrected chi connectivity index (χ4v) is 3.46. The minimum absolute atomic E-state index is 0.0890. The monoisotopic (exact) mass is 296 g/mol. The van der Waals surface area contributed by atoms with E-state index in [2.05, 4.69) is 43.0 Å². The van der Waals surface area contributed by atoms with Crippen molar-refractivity contribution >= 4 is 5.69 Å². The molecule has 1 aliphatic rings. The van der Waals surface area contributed by atoms with E-state index in [0.29, 0.717) is 12.6 Å². The Kier molecular flexibility index (Phi) is 4.30. The van der Waals surface area contributed by atoms with Crippen molar-refractivity contribution in [3.05, 3.63) is 71.4 Å². The Bertz CT molecular complexity index is 599. The van der Waals surface area contributed by atoms with Gasteiger partial charge in [0.15, 0.2) is 0 Å². The molecule has 1 saturated heterocycles. The third-order valence-electron chi connectivity index (χ3n) is 4.60. The smallest absolute Gasteiger partial charge is 0.140 e. The van der Waals surface area contributed by atoms with Gasteiger partial charge < -0.3 is 9.85 Å². The van der Waals surface area contributed by atoms with Gasteiger partial charge in [0.2, 0.25) is 0 Å². The predicted molar refractivity (Wildman–Crippen MR) is 91.9 cm³/mol. The number of benzene rings is 2. The summed E-state index contributed by atoms with van der Waals surface area (Å²) in [5.41, 5.74) is 2.14. The number of hydroxylamine groups is 2. The molecule has 1 aliphatic heterocycles.